The Morgan fingerprint density at radius 2 is 1.83 bits per heavy atom. The van der Waals surface area contributed by atoms with Gasteiger partial charge in [0.2, 0.25) is 5.91 Å². The molecule has 0 atom stereocenters. The van der Waals surface area contributed by atoms with Crippen LogP contribution in [0.5, 0.6) is 11.5 Å². The molecule has 1 saturated heterocycles. The highest BCUT2D eigenvalue weighted by Crippen LogP contribution is 2.37. The summed E-state index contributed by atoms with van der Waals surface area (Å²) >= 11 is 1.87. The van der Waals surface area contributed by atoms with Gasteiger partial charge in [-0.3, -0.25) is 4.79 Å². The number of piperazine rings is 1. The monoisotopic (exact) mass is 412 g/mol. The minimum absolute atomic E-state index is 0.169. The SMILES string of the molecule is COc1ccccc1N1CCN(C(=O)CCOc2cccc3c2SCCC3)CC1. The molecule has 6 heteroatoms. The van der Waals surface area contributed by atoms with Crippen molar-refractivity contribution in [2.75, 3.05) is 50.5 Å². The Morgan fingerprint density at radius 1 is 1.03 bits per heavy atom. The molecular formula is C23H28N2O3S. The molecule has 0 N–H and O–H groups in total. The molecule has 4 rings (SSSR count). The quantitative estimate of drug-likeness (QED) is 0.721. The molecule has 0 spiro atoms. The summed E-state index contributed by atoms with van der Waals surface area (Å²) in [4.78, 5) is 18.1. The van der Waals surface area contributed by atoms with Gasteiger partial charge in [0.25, 0.3) is 0 Å². The van der Waals surface area contributed by atoms with E-state index >= 15 is 0 Å². The molecular weight excluding hydrogens is 384 g/mol. The van der Waals surface area contributed by atoms with E-state index in [4.69, 9.17) is 9.47 Å². The largest absolute Gasteiger partial charge is 0.495 e. The number of hydrogen-bond acceptors (Lipinski definition) is 5. The van der Waals surface area contributed by atoms with Gasteiger partial charge in [-0.25, -0.2) is 0 Å². The summed E-state index contributed by atoms with van der Waals surface area (Å²) in [5.74, 6) is 3.12. The van der Waals surface area contributed by atoms with Crippen LogP contribution in [-0.2, 0) is 11.2 Å². The van der Waals surface area contributed by atoms with Gasteiger partial charge in [0.05, 0.1) is 30.7 Å². The lowest BCUT2D eigenvalue weighted by Crippen LogP contribution is -2.49. The van der Waals surface area contributed by atoms with Crippen molar-refractivity contribution in [2.45, 2.75) is 24.2 Å². The molecule has 0 bridgehead atoms. The number of ether oxygens (including phenoxy) is 2. The average molecular weight is 413 g/mol. The van der Waals surface area contributed by atoms with Crippen LogP contribution in [-0.4, -0.2) is 56.5 Å². The zero-order chi connectivity index (χ0) is 20.1. The van der Waals surface area contributed by atoms with Crippen LogP contribution >= 0.6 is 11.8 Å². The highest BCUT2D eigenvalue weighted by atomic mass is 32.2. The van der Waals surface area contributed by atoms with Crippen LogP contribution < -0.4 is 14.4 Å². The predicted molar refractivity (Wildman–Crippen MR) is 117 cm³/mol. The van der Waals surface area contributed by atoms with Crippen LogP contribution in [0.1, 0.15) is 18.4 Å². The van der Waals surface area contributed by atoms with Gasteiger partial charge >= 0.3 is 0 Å². The van der Waals surface area contributed by atoms with Crippen molar-refractivity contribution in [3.05, 3.63) is 48.0 Å². The number of hydrogen-bond donors (Lipinski definition) is 0. The smallest absolute Gasteiger partial charge is 0.226 e. The number of fused-ring (bicyclic) bond motifs is 1. The predicted octanol–water partition coefficient (Wildman–Crippen LogP) is 3.85. The lowest BCUT2D eigenvalue weighted by atomic mass is 10.1. The van der Waals surface area contributed by atoms with E-state index in [2.05, 4.69) is 23.1 Å². The molecule has 2 aliphatic rings. The summed E-state index contributed by atoms with van der Waals surface area (Å²) in [6.45, 7) is 3.52. The Balaban J connectivity index is 1.26. The van der Waals surface area contributed by atoms with E-state index in [1.54, 1.807) is 7.11 Å². The topological polar surface area (TPSA) is 42.0 Å². The fourth-order valence-corrected chi connectivity index (χ4v) is 5.08. The minimum Gasteiger partial charge on any atom is -0.495 e. The van der Waals surface area contributed by atoms with E-state index < -0.39 is 0 Å². The molecule has 1 fully saturated rings. The molecule has 154 valence electrons. The van der Waals surface area contributed by atoms with Gasteiger partial charge in [-0.15, -0.1) is 11.8 Å². The summed E-state index contributed by atoms with van der Waals surface area (Å²) in [6, 6.07) is 14.3. The summed E-state index contributed by atoms with van der Waals surface area (Å²) in [7, 11) is 1.70. The van der Waals surface area contributed by atoms with E-state index in [1.165, 1.54) is 16.9 Å². The molecule has 2 aromatic carbocycles. The van der Waals surface area contributed by atoms with Gasteiger partial charge in [0, 0.05) is 26.2 Å². The second-order valence-electron chi connectivity index (χ2n) is 7.33. The Kier molecular flexibility index (Phi) is 6.49. The third kappa shape index (κ3) is 4.64. The van der Waals surface area contributed by atoms with Crippen molar-refractivity contribution in [1.29, 1.82) is 0 Å². The van der Waals surface area contributed by atoms with Crippen molar-refractivity contribution in [1.82, 2.24) is 4.90 Å². The number of carbonyl (C=O) groups is 1. The molecule has 0 aromatic heterocycles. The van der Waals surface area contributed by atoms with E-state index in [0.717, 1.165) is 55.5 Å². The van der Waals surface area contributed by atoms with Crippen LogP contribution in [0, 0.1) is 0 Å². The zero-order valence-electron chi connectivity index (χ0n) is 16.9. The second kappa shape index (κ2) is 9.44. The molecule has 2 heterocycles. The molecule has 29 heavy (non-hydrogen) atoms. The molecule has 0 aliphatic carbocycles. The van der Waals surface area contributed by atoms with E-state index in [0.29, 0.717) is 13.0 Å². The maximum Gasteiger partial charge on any atom is 0.226 e. The first-order valence-electron chi connectivity index (χ1n) is 10.3. The Bertz CT molecular complexity index is 850. The van der Waals surface area contributed by atoms with Crippen molar-refractivity contribution < 1.29 is 14.3 Å². The number of anilines is 1. The number of aryl methyl sites for hydroxylation is 1. The summed E-state index contributed by atoms with van der Waals surface area (Å²) in [6.07, 6.45) is 2.76. The number of nitrogens with zero attached hydrogens (tertiary/aromatic N) is 2. The normalized spacial score (nSPS) is 16.3. The molecule has 0 radical (unpaired) electrons. The number of carbonyl (C=O) groups excluding carboxylic acids is 1. The molecule has 5 nitrogen and oxygen atoms in total. The molecule has 0 saturated carbocycles. The van der Waals surface area contributed by atoms with Crippen LogP contribution in [0.4, 0.5) is 5.69 Å². The van der Waals surface area contributed by atoms with Gasteiger partial charge in [0.1, 0.15) is 11.5 Å². The zero-order valence-corrected chi connectivity index (χ0v) is 17.7. The highest BCUT2D eigenvalue weighted by molar-refractivity contribution is 7.99. The minimum atomic E-state index is 0.169. The maximum atomic E-state index is 12.6. The first-order chi connectivity index (χ1) is 14.3. The molecule has 2 aromatic rings. The summed E-state index contributed by atoms with van der Waals surface area (Å²) < 4.78 is 11.5. The van der Waals surface area contributed by atoms with E-state index in [-0.39, 0.29) is 5.91 Å². The first-order valence-corrected chi connectivity index (χ1v) is 11.3. The average Bonchev–Trinajstić information content (AvgIpc) is 2.79. The number of methoxy groups -OCH3 is 1. The second-order valence-corrected chi connectivity index (χ2v) is 8.44. The summed E-state index contributed by atoms with van der Waals surface area (Å²) in [5, 5.41) is 0. The number of para-hydroxylation sites is 2. The summed E-state index contributed by atoms with van der Waals surface area (Å²) in [5.41, 5.74) is 2.47. The van der Waals surface area contributed by atoms with Crippen LogP contribution in [0.3, 0.4) is 0 Å². The first kappa shape index (κ1) is 20.0. The van der Waals surface area contributed by atoms with Gasteiger partial charge in [-0.1, -0.05) is 24.3 Å². The van der Waals surface area contributed by atoms with Crippen molar-refractivity contribution in [2.24, 2.45) is 0 Å². The Hall–Kier alpha value is -2.34. The Morgan fingerprint density at radius 3 is 2.66 bits per heavy atom. The van der Waals surface area contributed by atoms with Crippen molar-refractivity contribution >= 4 is 23.4 Å². The fraction of sp³-hybridized carbons (Fsp3) is 0.435. The number of benzene rings is 2. The molecule has 0 unspecified atom stereocenters. The van der Waals surface area contributed by atoms with Gasteiger partial charge in [0.15, 0.2) is 0 Å². The fourth-order valence-electron chi connectivity index (χ4n) is 3.97. The van der Waals surface area contributed by atoms with E-state index in [1.807, 2.05) is 40.9 Å². The molecule has 1 amide bonds. The van der Waals surface area contributed by atoms with Gasteiger partial charge in [-0.2, -0.15) is 0 Å². The molecule has 2 aliphatic heterocycles. The number of thioether (sulfide) groups is 1. The third-order valence-electron chi connectivity index (χ3n) is 5.53. The van der Waals surface area contributed by atoms with Crippen LogP contribution in [0.25, 0.3) is 0 Å². The van der Waals surface area contributed by atoms with Crippen LogP contribution in [0.2, 0.25) is 0 Å². The third-order valence-corrected chi connectivity index (χ3v) is 6.77. The van der Waals surface area contributed by atoms with Gasteiger partial charge in [-0.05, 0) is 42.4 Å². The van der Waals surface area contributed by atoms with Crippen molar-refractivity contribution in [3.63, 3.8) is 0 Å². The Labute approximate surface area is 177 Å². The highest BCUT2D eigenvalue weighted by Gasteiger charge is 2.23. The lowest BCUT2D eigenvalue weighted by molar-refractivity contribution is -0.132. The van der Waals surface area contributed by atoms with Crippen molar-refractivity contribution in [3.8, 4) is 11.5 Å². The van der Waals surface area contributed by atoms with Crippen LogP contribution in [0.15, 0.2) is 47.4 Å². The van der Waals surface area contributed by atoms with Gasteiger partial charge < -0.3 is 19.3 Å². The number of rotatable bonds is 6. The standard InChI is InChI=1S/C23H28N2O3S/c1-27-20-9-3-2-8-19(20)24-12-14-25(15-13-24)22(26)11-16-28-21-10-4-6-18-7-5-17-29-23(18)21/h2-4,6,8-10H,5,7,11-17H2,1H3. The number of amides is 1. The maximum absolute atomic E-state index is 12.6. The lowest BCUT2D eigenvalue weighted by Gasteiger charge is -2.36. The van der Waals surface area contributed by atoms with E-state index in [9.17, 15) is 4.79 Å².